The van der Waals surface area contributed by atoms with Crippen LogP contribution in [-0.4, -0.2) is 60.0 Å². The summed E-state index contributed by atoms with van der Waals surface area (Å²) in [5.74, 6) is 0. The number of urea groups is 1. The smallest absolute Gasteiger partial charge is 0.322 e. The standard InChI is InChI=1S/C13H19N5O3/c1-16-6-7-17(12(8-14)9-16)13(19)15-10-2-4-11(5-3-10)18(20)21/h2-5,12H,6-9,14H2,1H3,(H,15,19). The van der Waals surface area contributed by atoms with Crippen LogP contribution in [0.4, 0.5) is 16.2 Å². The van der Waals surface area contributed by atoms with E-state index in [0.717, 1.165) is 13.1 Å². The Kier molecular flexibility index (Phi) is 4.71. The van der Waals surface area contributed by atoms with Crippen molar-refractivity contribution in [2.24, 2.45) is 5.73 Å². The van der Waals surface area contributed by atoms with Crippen molar-refractivity contribution < 1.29 is 9.72 Å². The van der Waals surface area contributed by atoms with Gasteiger partial charge in [-0.25, -0.2) is 4.79 Å². The first-order valence-corrected chi connectivity index (χ1v) is 6.72. The van der Waals surface area contributed by atoms with Gasteiger partial charge in [0.2, 0.25) is 0 Å². The van der Waals surface area contributed by atoms with Crippen LogP contribution in [0.2, 0.25) is 0 Å². The van der Waals surface area contributed by atoms with Gasteiger partial charge in [0.1, 0.15) is 0 Å². The Labute approximate surface area is 122 Å². The number of piperazine rings is 1. The van der Waals surface area contributed by atoms with Gasteiger partial charge in [-0.3, -0.25) is 10.1 Å². The second-order valence-corrected chi connectivity index (χ2v) is 5.08. The molecule has 1 aliphatic rings. The van der Waals surface area contributed by atoms with E-state index in [9.17, 15) is 14.9 Å². The molecule has 114 valence electrons. The van der Waals surface area contributed by atoms with Crippen molar-refractivity contribution in [2.75, 3.05) is 38.5 Å². The molecule has 0 spiro atoms. The number of non-ortho nitro benzene ring substituents is 1. The highest BCUT2D eigenvalue weighted by molar-refractivity contribution is 5.89. The lowest BCUT2D eigenvalue weighted by Gasteiger charge is -2.39. The summed E-state index contributed by atoms with van der Waals surface area (Å²) in [5, 5.41) is 13.3. The summed E-state index contributed by atoms with van der Waals surface area (Å²) in [6, 6.07) is 5.50. The molecule has 0 radical (unpaired) electrons. The molecule has 0 aliphatic carbocycles. The number of likely N-dealkylation sites (N-methyl/N-ethyl adjacent to an activating group) is 1. The molecule has 2 rings (SSSR count). The Hall–Kier alpha value is -2.19. The third kappa shape index (κ3) is 3.67. The maximum Gasteiger partial charge on any atom is 0.322 e. The van der Waals surface area contributed by atoms with Crippen molar-refractivity contribution in [3.8, 4) is 0 Å². The molecule has 1 heterocycles. The van der Waals surface area contributed by atoms with Crippen molar-refractivity contribution >= 4 is 17.4 Å². The fourth-order valence-electron chi connectivity index (χ4n) is 2.34. The number of nitrogens with one attached hydrogen (secondary N) is 1. The number of rotatable bonds is 3. The van der Waals surface area contributed by atoms with Crippen LogP contribution in [0.15, 0.2) is 24.3 Å². The molecule has 1 fully saturated rings. The van der Waals surface area contributed by atoms with Crippen molar-refractivity contribution in [3.63, 3.8) is 0 Å². The van der Waals surface area contributed by atoms with Crippen molar-refractivity contribution in [1.82, 2.24) is 9.80 Å². The third-order valence-electron chi connectivity index (χ3n) is 3.55. The van der Waals surface area contributed by atoms with Gasteiger partial charge in [0.05, 0.1) is 11.0 Å². The maximum absolute atomic E-state index is 12.3. The predicted molar refractivity (Wildman–Crippen MR) is 79.2 cm³/mol. The Morgan fingerprint density at radius 3 is 2.67 bits per heavy atom. The molecule has 2 amide bonds. The second kappa shape index (κ2) is 6.51. The minimum absolute atomic E-state index is 0.00701. The first kappa shape index (κ1) is 15.2. The molecule has 1 atom stereocenters. The number of nitrogens with two attached hydrogens (primary N) is 1. The van der Waals surface area contributed by atoms with Gasteiger partial charge in [0, 0.05) is 44.0 Å². The minimum Gasteiger partial charge on any atom is -0.328 e. The van der Waals surface area contributed by atoms with Crippen LogP contribution in [0.3, 0.4) is 0 Å². The average molecular weight is 293 g/mol. The van der Waals surface area contributed by atoms with E-state index in [1.54, 1.807) is 4.90 Å². The number of nitro benzene ring substituents is 1. The first-order valence-electron chi connectivity index (χ1n) is 6.72. The van der Waals surface area contributed by atoms with Crippen LogP contribution < -0.4 is 11.1 Å². The van der Waals surface area contributed by atoms with Crippen LogP contribution in [0.5, 0.6) is 0 Å². The molecule has 3 N–H and O–H groups in total. The topological polar surface area (TPSA) is 105 Å². The molecule has 8 heteroatoms. The zero-order chi connectivity index (χ0) is 15.4. The highest BCUT2D eigenvalue weighted by Crippen LogP contribution is 2.17. The molecule has 21 heavy (non-hydrogen) atoms. The van der Waals surface area contributed by atoms with E-state index in [4.69, 9.17) is 5.73 Å². The van der Waals surface area contributed by atoms with Crippen molar-refractivity contribution in [3.05, 3.63) is 34.4 Å². The highest BCUT2D eigenvalue weighted by Gasteiger charge is 2.28. The van der Waals surface area contributed by atoms with Crippen molar-refractivity contribution in [1.29, 1.82) is 0 Å². The zero-order valence-corrected chi connectivity index (χ0v) is 11.9. The Bertz CT molecular complexity index is 519. The molecular weight excluding hydrogens is 274 g/mol. The first-order chi connectivity index (χ1) is 10.0. The normalized spacial score (nSPS) is 19.3. The largest absolute Gasteiger partial charge is 0.328 e. The summed E-state index contributed by atoms with van der Waals surface area (Å²) in [5.41, 5.74) is 6.24. The average Bonchev–Trinajstić information content (AvgIpc) is 2.47. The molecule has 0 aromatic heterocycles. The summed E-state index contributed by atoms with van der Waals surface area (Å²) < 4.78 is 0. The lowest BCUT2D eigenvalue weighted by atomic mass is 10.2. The highest BCUT2D eigenvalue weighted by atomic mass is 16.6. The summed E-state index contributed by atoms with van der Waals surface area (Å²) in [7, 11) is 1.99. The quantitative estimate of drug-likeness (QED) is 0.630. The molecule has 1 saturated heterocycles. The number of amides is 2. The lowest BCUT2D eigenvalue weighted by molar-refractivity contribution is -0.384. The fourth-order valence-corrected chi connectivity index (χ4v) is 2.34. The Morgan fingerprint density at radius 2 is 2.10 bits per heavy atom. The summed E-state index contributed by atoms with van der Waals surface area (Å²) >= 11 is 0. The monoisotopic (exact) mass is 293 g/mol. The molecule has 0 bridgehead atoms. The third-order valence-corrected chi connectivity index (χ3v) is 3.55. The second-order valence-electron chi connectivity index (χ2n) is 5.08. The minimum atomic E-state index is -0.476. The van der Waals surface area contributed by atoms with E-state index in [2.05, 4.69) is 10.2 Å². The molecule has 0 saturated carbocycles. The lowest BCUT2D eigenvalue weighted by Crippen LogP contribution is -2.57. The van der Waals surface area contributed by atoms with Crippen LogP contribution in [0.25, 0.3) is 0 Å². The molecule has 1 unspecified atom stereocenters. The van der Waals surface area contributed by atoms with E-state index in [1.807, 2.05) is 7.05 Å². The van der Waals surface area contributed by atoms with Gasteiger partial charge in [-0.05, 0) is 19.2 Å². The summed E-state index contributed by atoms with van der Waals surface area (Å²) in [6.45, 7) is 2.55. The Balaban J connectivity index is 2.01. The number of carbonyl (C=O) groups excluding carboxylic acids is 1. The molecule has 1 aliphatic heterocycles. The van der Waals surface area contributed by atoms with E-state index in [1.165, 1.54) is 24.3 Å². The number of anilines is 1. The van der Waals surface area contributed by atoms with Gasteiger partial charge in [-0.2, -0.15) is 0 Å². The number of nitro groups is 1. The molecule has 8 nitrogen and oxygen atoms in total. The maximum atomic E-state index is 12.3. The predicted octanol–water partition coefficient (Wildman–Crippen LogP) is 0.701. The van der Waals surface area contributed by atoms with Crippen LogP contribution in [0, 0.1) is 10.1 Å². The molecule has 1 aromatic carbocycles. The number of hydrogen-bond acceptors (Lipinski definition) is 5. The Morgan fingerprint density at radius 1 is 1.43 bits per heavy atom. The zero-order valence-electron chi connectivity index (χ0n) is 11.9. The summed E-state index contributed by atoms with van der Waals surface area (Å²) in [4.78, 5) is 26.2. The molecular formula is C13H19N5O3. The van der Waals surface area contributed by atoms with Crippen molar-refractivity contribution in [2.45, 2.75) is 6.04 Å². The van der Waals surface area contributed by atoms with Gasteiger partial charge in [0.15, 0.2) is 0 Å². The van der Waals surface area contributed by atoms with E-state index in [0.29, 0.717) is 18.8 Å². The van der Waals surface area contributed by atoms with E-state index < -0.39 is 4.92 Å². The van der Waals surface area contributed by atoms with Gasteiger partial charge in [-0.1, -0.05) is 0 Å². The SMILES string of the molecule is CN1CCN(C(=O)Nc2ccc([N+](=O)[O-])cc2)C(CN)C1. The summed E-state index contributed by atoms with van der Waals surface area (Å²) in [6.07, 6.45) is 0. The van der Waals surface area contributed by atoms with E-state index in [-0.39, 0.29) is 17.8 Å². The van der Waals surface area contributed by atoms with Gasteiger partial charge in [-0.15, -0.1) is 0 Å². The number of carbonyl (C=O) groups is 1. The van der Waals surface area contributed by atoms with E-state index >= 15 is 0 Å². The van der Waals surface area contributed by atoms with Gasteiger partial charge < -0.3 is 20.9 Å². The fraction of sp³-hybridized carbons (Fsp3) is 0.462. The number of nitrogens with zero attached hydrogens (tertiary/aromatic N) is 3. The number of hydrogen-bond donors (Lipinski definition) is 2. The van der Waals surface area contributed by atoms with Gasteiger partial charge in [0.25, 0.3) is 5.69 Å². The molecule has 1 aromatic rings. The van der Waals surface area contributed by atoms with Crippen LogP contribution >= 0.6 is 0 Å². The van der Waals surface area contributed by atoms with Gasteiger partial charge >= 0.3 is 6.03 Å². The van der Waals surface area contributed by atoms with Crippen LogP contribution in [0.1, 0.15) is 0 Å². The number of benzene rings is 1. The van der Waals surface area contributed by atoms with Crippen LogP contribution in [-0.2, 0) is 0 Å².